The summed E-state index contributed by atoms with van der Waals surface area (Å²) >= 11 is 0. The fourth-order valence-corrected chi connectivity index (χ4v) is 4.32. The second-order valence-corrected chi connectivity index (χ2v) is 8.54. The van der Waals surface area contributed by atoms with Gasteiger partial charge >= 0.3 is 0 Å². The van der Waals surface area contributed by atoms with Crippen molar-refractivity contribution in [3.05, 3.63) is 0 Å². The largest absolute Gasteiger partial charge is 0.300 e. The fraction of sp³-hybridized carbons (Fsp3) is 0.929. The van der Waals surface area contributed by atoms with Gasteiger partial charge < -0.3 is 0 Å². The van der Waals surface area contributed by atoms with Crippen LogP contribution in [0.15, 0.2) is 0 Å². The van der Waals surface area contributed by atoms with E-state index >= 15 is 0 Å². The molecule has 1 saturated heterocycles. The number of ketones is 1. The topological polar surface area (TPSA) is 57.7 Å². The molecule has 0 radical (unpaired) electrons. The van der Waals surface area contributed by atoms with E-state index in [1.54, 1.807) is 0 Å². The van der Waals surface area contributed by atoms with E-state index in [0.717, 1.165) is 26.1 Å². The van der Waals surface area contributed by atoms with Gasteiger partial charge in [-0.25, -0.2) is 8.42 Å². The summed E-state index contributed by atoms with van der Waals surface area (Å²) in [6.45, 7) is 7.68. The number of nitrogens with zero attached hydrogens (tertiary/aromatic N) is 2. The molecule has 116 valence electrons. The SMILES string of the molecule is CC1CC(=O)C(CN2CCN(S(C)(=O)=O)CC2)C(C)C1. The van der Waals surface area contributed by atoms with Crippen LogP contribution in [0.25, 0.3) is 0 Å². The summed E-state index contributed by atoms with van der Waals surface area (Å²) in [5.74, 6) is 1.48. The molecule has 1 heterocycles. The number of sulfonamides is 1. The third-order valence-corrected chi connectivity index (χ3v) is 5.98. The van der Waals surface area contributed by atoms with E-state index in [1.807, 2.05) is 0 Å². The maximum atomic E-state index is 12.2. The van der Waals surface area contributed by atoms with Crippen LogP contribution in [0.2, 0.25) is 0 Å². The average molecular weight is 302 g/mol. The van der Waals surface area contributed by atoms with Gasteiger partial charge in [-0.05, 0) is 18.3 Å². The van der Waals surface area contributed by atoms with Crippen molar-refractivity contribution in [1.82, 2.24) is 9.21 Å². The lowest BCUT2D eigenvalue weighted by Gasteiger charge is -2.38. The lowest BCUT2D eigenvalue weighted by molar-refractivity contribution is -0.128. The van der Waals surface area contributed by atoms with Crippen molar-refractivity contribution < 1.29 is 13.2 Å². The molecule has 0 amide bonds. The smallest absolute Gasteiger partial charge is 0.211 e. The number of carbonyl (C=O) groups excluding carboxylic acids is 1. The van der Waals surface area contributed by atoms with Crippen molar-refractivity contribution in [2.24, 2.45) is 17.8 Å². The van der Waals surface area contributed by atoms with Crippen molar-refractivity contribution in [2.75, 3.05) is 39.0 Å². The Morgan fingerprint density at radius 1 is 1.15 bits per heavy atom. The van der Waals surface area contributed by atoms with E-state index in [1.165, 1.54) is 10.6 Å². The summed E-state index contributed by atoms with van der Waals surface area (Å²) in [6.07, 6.45) is 3.09. The van der Waals surface area contributed by atoms with Crippen LogP contribution in [0.1, 0.15) is 26.7 Å². The van der Waals surface area contributed by atoms with Gasteiger partial charge in [0.05, 0.1) is 6.26 Å². The minimum Gasteiger partial charge on any atom is -0.300 e. The lowest BCUT2D eigenvalue weighted by Crippen LogP contribution is -2.51. The van der Waals surface area contributed by atoms with Crippen molar-refractivity contribution >= 4 is 15.8 Å². The Hall–Kier alpha value is -0.460. The molecule has 20 heavy (non-hydrogen) atoms. The number of hydrogen-bond donors (Lipinski definition) is 0. The number of carbonyl (C=O) groups is 1. The number of hydrogen-bond acceptors (Lipinski definition) is 4. The molecule has 3 atom stereocenters. The zero-order valence-electron chi connectivity index (χ0n) is 12.7. The molecule has 0 N–H and O–H groups in total. The van der Waals surface area contributed by atoms with Gasteiger partial charge in [0.15, 0.2) is 0 Å². The molecule has 2 aliphatic rings. The Balaban J connectivity index is 1.88. The molecule has 5 nitrogen and oxygen atoms in total. The van der Waals surface area contributed by atoms with Gasteiger partial charge in [-0.3, -0.25) is 9.69 Å². The van der Waals surface area contributed by atoms with Crippen LogP contribution in [0.5, 0.6) is 0 Å². The first-order valence-electron chi connectivity index (χ1n) is 7.47. The minimum atomic E-state index is -3.07. The number of Topliss-reactive ketones (excluding diaryl/α,β-unsaturated/α-hetero) is 1. The quantitative estimate of drug-likeness (QED) is 0.774. The highest BCUT2D eigenvalue weighted by molar-refractivity contribution is 7.88. The second kappa shape index (κ2) is 6.12. The van der Waals surface area contributed by atoms with Crippen LogP contribution >= 0.6 is 0 Å². The first kappa shape index (κ1) is 15.9. The molecular formula is C14H26N2O3S. The van der Waals surface area contributed by atoms with E-state index in [-0.39, 0.29) is 5.92 Å². The van der Waals surface area contributed by atoms with Crippen molar-refractivity contribution in [2.45, 2.75) is 26.7 Å². The Bertz CT molecular complexity index is 455. The molecule has 0 aromatic rings. The monoisotopic (exact) mass is 302 g/mol. The van der Waals surface area contributed by atoms with E-state index < -0.39 is 10.0 Å². The van der Waals surface area contributed by atoms with Gasteiger partial charge in [-0.1, -0.05) is 13.8 Å². The van der Waals surface area contributed by atoms with Crippen LogP contribution in [-0.2, 0) is 14.8 Å². The highest BCUT2D eigenvalue weighted by Gasteiger charge is 2.34. The van der Waals surface area contributed by atoms with Crippen LogP contribution in [0.4, 0.5) is 0 Å². The van der Waals surface area contributed by atoms with E-state index in [9.17, 15) is 13.2 Å². The molecule has 1 saturated carbocycles. The summed E-state index contributed by atoms with van der Waals surface area (Å²) < 4.78 is 24.5. The number of rotatable bonds is 3. The maximum absolute atomic E-state index is 12.2. The summed E-state index contributed by atoms with van der Waals surface area (Å²) in [7, 11) is -3.07. The van der Waals surface area contributed by atoms with E-state index in [2.05, 4.69) is 18.7 Å². The Labute approximate surface area is 122 Å². The summed E-state index contributed by atoms with van der Waals surface area (Å²) in [5, 5.41) is 0. The standard InChI is InChI=1S/C14H26N2O3S/c1-11-8-12(2)13(14(17)9-11)10-15-4-6-16(7-5-15)20(3,18)19/h11-13H,4-10H2,1-3H3. The molecule has 1 aliphatic carbocycles. The van der Waals surface area contributed by atoms with Gasteiger partial charge in [0.1, 0.15) is 5.78 Å². The Morgan fingerprint density at radius 3 is 2.25 bits per heavy atom. The van der Waals surface area contributed by atoms with Gasteiger partial charge in [0.25, 0.3) is 0 Å². The molecular weight excluding hydrogens is 276 g/mol. The predicted octanol–water partition coefficient (Wildman–Crippen LogP) is 0.815. The zero-order chi connectivity index (χ0) is 14.9. The molecule has 2 rings (SSSR count). The van der Waals surface area contributed by atoms with Crippen LogP contribution < -0.4 is 0 Å². The lowest BCUT2D eigenvalue weighted by atomic mass is 9.74. The first-order chi connectivity index (χ1) is 9.27. The van der Waals surface area contributed by atoms with Gasteiger partial charge in [-0.15, -0.1) is 0 Å². The first-order valence-corrected chi connectivity index (χ1v) is 9.32. The van der Waals surface area contributed by atoms with Gasteiger partial charge in [-0.2, -0.15) is 4.31 Å². The van der Waals surface area contributed by atoms with Crippen molar-refractivity contribution in [1.29, 1.82) is 0 Å². The maximum Gasteiger partial charge on any atom is 0.211 e. The highest BCUT2D eigenvalue weighted by Crippen LogP contribution is 2.31. The molecule has 0 aromatic carbocycles. The minimum absolute atomic E-state index is 0.135. The molecule has 0 aromatic heterocycles. The third kappa shape index (κ3) is 3.80. The van der Waals surface area contributed by atoms with Crippen LogP contribution in [0.3, 0.4) is 0 Å². The number of piperazine rings is 1. The van der Waals surface area contributed by atoms with Crippen molar-refractivity contribution in [3.63, 3.8) is 0 Å². The predicted molar refractivity (Wildman–Crippen MR) is 78.9 cm³/mol. The highest BCUT2D eigenvalue weighted by atomic mass is 32.2. The fourth-order valence-electron chi connectivity index (χ4n) is 3.50. The summed E-state index contributed by atoms with van der Waals surface area (Å²) in [6, 6.07) is 0. The van der Waals surface area contributed by atoms with Crippen LogP contribution in [0, 0.1) is 17.8 Å². The Kier molecular flexibility index (Phi) is 4.87. The van der Waals surface area contributed by atoms with Gasteiger partial charge in [0, 0.05) is 45.1 Å². The zero-order valence-corrected chi connectivity index (χ0v) is 13.5. The van der Waals surface area contributed by atoms with E-state index in [4.69, 9.17) is 0 Å². The normalized spacial score (nSPS) is 34.4. The molecule has 6 heteroatoms. The second-order valence-electron chi connectivity index (χ2n) is 6.56. The molecule has 0 bridgehead atoms. The molecule has 2 fully saturated rings. The summed E-state index contributed by atoms with van der Waals surface area (Å²) in [5.41, 5.74) is 0. The molecule has 1 aliphatic heterocycles. The van der Waals surface area contributed by atoms with Crippen LogP contribution in [-0.4, -0.2) is 62.4 Å². The van der Waals surface area contributed by atoms with Gasteiger partial charge in [0.2, 0.25) is 10.0 Å². The van der Waals surface area contributed by atoms with Crippen molar-refractivity contribution in [3.8, 4) is 0 Å². The third-order valence-electron chi connectivity index (χ3n) is 4.68. The van der Waals surface area contributed by atoms with E-state index in [0.29, 0.717) is 37.1 Å². The summed E-state index contributed by atoms with van der Waals surface area (Å²) in [4.78, 5) is 14.4. The Morgan fingerprint density at radius 2 is 1.75 bits per heavy atom. The molecule has 3 unspecified atom stereocenters. The molecule has 0 spiro atoms. The average Bonchev–Trinajstić information content (AvgIpc) is 2.33.